The number of rotatable bonds is 4. The molecule has 0 bridgehead atoms. The minimum atomic E-state index is -0.234. The average Bonchev–Trinajstić information content (AvgIpc) is 3.02. The zero-order valence-corrected chi connectivity index (χ0v) is 21.0. The number of carbonyl (C=O) groups is 1. The van der Waals surface area contributed by atoms with Gasteiger partial charge in [0.25, 0.3) is 0 Å². The highest BCUT2D eigenvalue weighted by molar-refractivity contribution is 9.10. The first kappa shape index (κ1) is 22.5. The van der Waals surface area contributed by atoms with E-state index < -0.39 is 0 Å². The second kappa shape index (κ2) is 9.18. The number of nitrogens with one attached hydrogen (secondary N) is 2. The van der Waals surface area contributed by atoms with Gasteiger partial charge in [0.15, 0.2) is 17.3 Å². The number of ketones is 1. The summed E-state index contributed by atoms with van der Waals surface area (Å²) in [6, 6.07) is 20.1. The summed E-state index contributed by atoms with van der Waals surface area (Å²) in [7, 11) is 3.26. The minimum Gasteiger partial charge on any atom is -0.493 e. The Morgan fingerprint density at radius 1 is 0.882 bits per heavy atom. The van der Waals surface area contributed by atoms with Crippen LogP contribution in [0.3, 0.4) is 0 Å². The van der Waals surface area contributed by atoms with E-state index in [4.69, 9.17) is 9.47 Å². The summed E-state index contributed by atoms with van der Waals surface area (Å²) in [5.74, 6) is 1.56. The molecule has 3 aromatic carbocycles. The first-order valence-electron chi connectivity index (χ1n) is 11.3. The molecule has 0 amide bonds. The van der Waals surface area contributed by atoms with E-state index in [1.54, 1.807) is 14.2 Å². The lowest BCUT2D eigenvalue weighted by Crippen LogP contribution is -2.27. The summed E-state index contributed by atoms with van der Waals surface area (Å²) < 4.78 is 11.9. The molecule has 3 aromatic rings. The first-order valence-corrected chi connectivity index (χ1v) is 12.1. The Bertz CT molecular complexity index is 1300. The molecule has 0 radical (unpaired) electrons. The fraction of sp³-hybridized carbons (Fsp3) is 0.250. The van der Waals surface area contributed by atoms with Gasteiger partial charge in [-0.1, -0.05) is 46.3 Å². The van der Waals surface area contributed by atoms with Gasteiger partial charge in [0.2, 0.25) is 0 Å². The van der Waals surface area contributed by atoms with E-state index in [2.05, 4.69) is 51.7 Å². The van der Waals surface area contributed by atoms with Crippen molar-refractivity contribution in [3.8, 4) is 11.5 Å². The fourth-order valence-electron chi connectivity index (χ4n) is 4.87. The Morgan fingerprint density at radius 2 is 1.62 bits per heavy atom. The largest absolute Gasteiger partial charge is 0.493 e. The van der Waals surface area contributed by atoms with E-state index in [0.717, 1.165) is 50.2 Å². The molecule has 0 saturated carbocycles. The normalized spacial score (nSPS) is 19.4. The number of Topliss-reactive ketones (excluding diaryl/α,β-unsaturated/α-hetero) is 1. The highest BCUT2D eigenvalue weighted by Crippen LogP contribution is 2.45. The summed E-state index contributed by atoms with van der Waals surface area (Å²) in [5.41, 5.74) is 7.02. The van der Waals surface area contributed by atoms with Crippen LogP contribution < -0.4 is 20.1 Å². The molecule has 5 rings (SSSR count). The zero-order valence-electron chi connectivity index (χ0n) is 19.4. The lowest BCUT2D eigenvalue weighted by Gasteiger charge is -2.30. The fourth-order valence-corrected chi connectivity index (χ4v) is 5.27. The van der Waals surface area contributed by atoms with Crippen molar-refractivity contribution in [1.82, 2.24) is 0 Å². The third kappa shape index (κ3) is 4.07. The Kier molecular flexibility index (Phi) is 6.09. The van der Waals surface area contributed by atoms with Crippen molar-refractivity contribution in [2.75, 3.05) is 24.9 Å². The Balaban J connectivity index is 1.59. The number of benzene rings is 3. The van der Waals surface area contributed by atoms with Crippen LogP contribution in [0.15, 0.2) is 76.4 Å². The van der Waals surface area contributed by atoms with Gasteiger partial charge in [-0.3, -0.25) is 4.79 Å². The van der Waals surface area contributed by atoms with Crippen LogP contribution >= 0.6 is 15.9 Å². The molecule has 1 aliphatic heterocycles. The molecular weight excluding hydrogens is 492 g/mol. The second-order valence-electron chi connectivity index (χ2n) is 8.79. The molecule has 1 aliphatic carbocycles. The molecule has 2 aliphatic rings. The Labute approximate surface area is 208 Å². The smallest absolute Gasteiger partial charge is 0.163 e. The van der Waals surface area contributed by atoms with Gasteiger partial charge in [0, 0.05) is 22.2 Å². The van der Waals surface area contributed by atoms with Crippen molar-refractivity contribution in [2.24, 2.45) is 0 Å². The molecule has 1 heterocycles. The first-order chi connectivity index (χ1) is 16.5. The molecule has 34 heavy (non-hydrogen) atoms. The molecule has 6 heteroatoms. The molecule has 2 N–H and O–H groups in total. The van der Waals surface area contributed by atoms with Crippen LogP contribution in [-0.4, -0.2) is 20.0 Å². The van der Waals surface area contributed by atoms with Crippen molar-refractivity contribution in [1.29, 1.82) is 0 Å². The quantitative estimate of drug-likeness (QED) is 0.399. The van der Waals surface area contributed by atoms with Gasteiger partial charge in [0.05, 0.1) is 31.6 Å². The van der Waals surface area contributed by atoms with Crippen LogP contribution in [0.5, 0.6) is 11.5 Å². The van der Waals surface area contributed by atoms with E-state index in [-0.39, 0.29) is 17.7 Å². The maximum Gasteiger partial charge on any atom is 0.163 e. The number of anilines is 2. The van der Waals surface area contributed by atoms with Crippen molar-refractivity contribution in [3.05, 3.63) is 93.1 Å². The van der Waals surface area contributed by atoms with Gasteiger partial charge < -0.3 is 20.1 Å². The van der Waals surface area contributed by atoms with Crippen LogP contribution in [0.25, 0.3) is 0 Å². The van der Waals surface area contributed by atoms with Crippen LogP contribution in [0.4, 0.5) is 11.4 Å². The zero-order chi connectivity index (χ0) is 23.8. The average molecular weight is 519 g/mol. The predicted molar refractivity (Wildman–Crippen MR) is 139 cm³/mol. The van der Waals surface area contributed by atoms with Crippen molar-refractivity contribution >= 4 is 33.1 Å². The molecule has 0 spiro atoms. The van der Waals surface area contributed by atoms with Crippen molar-refractivity contribution in [2.45, 2.75) is 31.7 Å². The molecule has 2 atom stereocenters. The third-order valence-corrected chi connectivity index (χ3v) is 7.57. The van der Waals surface area contributed by atoms with Crippen LogP contribution in [0.1, 0.15) is 41.5 Å². The molecule has 0 fully saturated rings. The van der Waals surface area contributed by atoms with Crippen LogP contribution in [0, 0.1) is 6.92 Å². The predicted octanol–water partition coefficient (Wildman–Crippen LogP) is 6.75. The van der Waals surface area contributed by atoms with Gasteiger partial charge in [-0.05, 0) is 66.3 Å². The number of carbonyl (C=O) groups excluding carboxylic acids is 1. The minimum absolute atomic E-state index is 0.0502. The topological polar surface area (TPSA) is 59.6 Å². The summed E-state index contributed by atoms with van der Waals surface area (Å²) in [5, 5.41) is 7.24. The number of methoxy groups -OCH3 is 2. The maximum absolute atomic E-state index is 13.7. The number of halogens is 1. The van der Waals surface area contributed by atoms with E-state index in [1.165, 1.54) is 0 Å². The molecule has 0 aromatic heterocycles. The van der Waals surface area contributed by atoms with Gasteiger partial charge in [-0.15, -0.1) is 0 Å². The van der Waals surface area contributed by atoms with E-state index in [0.29, 0.717) is 17.9 Å². The standard InChI is InChI=1S/C28H27BrN2O3/c1-16-8-9-18(12-20(16)29)28-27-23(30-21-6-4-5-7-22(21)31-28)13-19(14-24(27)32)17-10-11-25(33-2)26(15-17)34-3/h4-12,15,19,28,30-31H,13-14H2,1-3H3. The molecule has 5 nitrogen and oxygen atoms in total. The lowest BCUT2D eigenvalue weighted by atomic mass is 9.78. The van der Waals surface area contributed by atoms with E-state index in [9.17, 15) is 4.79 Å². The number of allylic oxidation sites excluding steroid dienone is 1. The number of hydrogen-bond donors (Lipinski definition) is 2. The highest BCUT2D eigenvalue weighted by Gasteiger charge is 2.36. The summed E-state index contributed by atoms with van der Waals surface area (Å²) >= 11 is 3.67. The number of fused-ring (bicyclic) bond motifs is 1. The van der Waals surface area contributed by atoms with E-state index >= 15 is 0 Å². The van der Waals surface area contributed by atoms with Gasteiger partial charge in [0.1, 0.15) is 0 Å². The second-order valence-corrected chi connectivity index (χ2v) is 9.65. The van der Waals surface area contributed by atoms with Crippen LogP contribution in [0.2, 0.25) is 0 Å². The third-order valence-electron chi connectivity index (χ3n) is 6.72. The van der Waals surface area contributed by atoms with E-state index in [1.807, 2.05) is 42.5 Å². The number of ether oxygens (including phenoxy) is 2. The number of hydrogen-bond acceptors (Lipinski definition) is 5. The van der Waals surface area contributed by atoms with Gasteiger partial charge in [-0.25, -0.2) is 0 Å². The monoisotopic (exact) mass is 518 g/mol. The molecule has 0 saturated heterocycles. The van der Waals surface area contributed by atoms with Crippen LogP contribution in [-0.2, 0) is 4.79 Å². The Morgan fingerprint density at radius 3 is 2.35 bits per heavy atom. The number of para-hydroxylation sites is 2. The SMILES string of the molecule is COc1ccc(C2CC(=O)C3=C(C2)Nc2ccccc2NC3c2ccc(C)c(Br)c2)cc1OC. The van der Waals surface area contributed by atoms with Crippen molar-refractivity contribution < 1.29 is 14.3 Å². The lowest BCUT2D eigenvalue weighted by molar-refractivity contribution is -0.116. The summed E-state index contributed by atoms with van der Waals surface area (Å²) in [6.45, 7) is 2.06. The van der Waals surface area contributed by atoms with Gasteiger partial charge >= 0.3 is 0 Å². The van der Waals surface area contributed by atoms with Gasteiger partial charge in [-0.2, -0.15) is 0 Å². The highest BCUT2D eigenvalue weighted by atomic mass is 79.9. The molecular formula is C28H27BrN2O3. The molecule has 174 valence electrons. The Hall–Kier alpha value is -3.25. The summed E-state index contributed by atoms with van der Waals surface area (Å²) in [6.07, 6.45) is 1.17. The van der Waals surface area contributed by atoms with Crippen molar-refractivity contribution in [3.63, 3.8) is 0 Å². The maximum atomic E-state index is 13.7. The summed E-state index contributed by atoms with van der Waals surface area (Å²) in [4.78, 5) is 13.7. The molecule has 2 unspecified atom stereocenters. The number of aryl methyl sites for hydroxylation is 1.